The van der Waals surface area contributed by atoms with Crippen molar-refractivity contribution in [1.82, 2.24) is 34.6 Å². The van der Waals surface area contributed by atoms with Crippen LogP contribution in [0.1, 0.15) is 123 Å². The molecule has 2 saturated carbocycles. The number of thiazole rings is 2. The van der Waals surface area contributed by atoms with Crippen LogP contribution in [0.4, 0.5) is 21.9 Å². The average molecular weight is 922 g/mol. The predicted molar refractivity (Wildman–Crippen MR) is 253 cm³/mol. The van der Waals surface area contributed by atoms with E-state index in [-0.39, 0.29) is 41.6 Å². The van der Waals surface area contributed by atoms with E-state index >= 15 is 0 Å². The van der Waals surface area contributed by atoms with Crippen molar-refractivity contribution in [2.45, 2.75) is 119 Å². The van der Waals surface area contributed by atoms with Crippen LogP contribution in [0.25, 0.3) is 21.1 Å². The number of anilines is 4. The molecule has 2 N–H and O–H groups in total. The van der Waals surface area contributed by atoms with Gasteiger partial charge in [0, 0.05) is 85.2 Å². The zero-order valence-corrected chi connectivity index (χ0v) is 40.1. The molecule has 6 aliphatic rings. The minimum absolute atomic E-state index is 0.0532. The van der Waals surface area contributed by atoms with Crippen LogP contribution in [-0.2, 0) is 27.5 Å². The lowest BCUT2D eigenvalue weighted by Gasteiger charge is -2.35. The molecule has 0 bridgehead atoms. The summed E-state index contributed by atoms with van der Waals surface area (Å²) in [5.41, 5.74) is 6.79. The highest BCUT2D eigenvalue weighted by atomic mass is 32.1. The molecule has 8 heterocycles. The second kappa shape index (κ2) is 18.1. The molecule has 16 nitrogen and oxygen atoms in total. The number of carbonyl (C=O) groups is 5. The van der Waals surface area contributed by atoms with Gasteiger partial charge in [0.05, 0.1) is 43.7 Å². The first kappa shape index (κ1) is 44.7. The standard InChI is InChI=1S/C24H30N6O3S.C23H29N5O2S/c1-13-21(34-24(25-13)26-15(3)31)19-11-18-12-30(14(2)17-5-6-17)23(33)20(18)22(27-19)29-9-7-28(8-10-29)16(4)32;1-13-20(31-23(24-13)25-15(3)29)18-11-17-12-28(14(2)16-7-8-16)22(30)19(17)21(26-18)27-9-5-4-6-10-27/h11,14,17H,5-10,12H2,1-4H3,(H,25,26,31);11,14,16H,4-10,12H2,1-3H3,(H,24,25,29)/t2*14-/m00/s1. The van der Waals surface area contributed by atoms with Gasteiger partial charge in [0.2, 0.25) is 17.7 Å². The minimum Gasteiger partial charge on any atom is -0.356 e. The summed E-state index contributed by atoms with van der Waals surface area (Å²) >= 11 is 2.84. The molecule has 2 atom stereocenters. The van der Waals surface area contributed by atoms with E-state index in [0.29, 0.717) is 72.7 Å². The van der Waals surface area contributed by atoms with Crippen molar-refractivity contribution >= 4 is 74.1 Å². The van der Waals surface area contributed by atoms with Gasteiger partial charge >= 0.3 is 0 Å². The van der Waals surface area contributed by atoms with Crippen LogP contribution in [0.15, 0.2) is 12.1 Å². The molecule has 5 amide bonds. The monoisotopic (exact) mass is 921 g/mol. The number of piperazine rings is 1. The van der Waals surface area contributed by atoms with Crippen LogP contribution in [0.3, 0.4) is 0 Å². The third-order valence-corrected chi connectivity index (χ3v) is 15.9. The van der Waals surface area contributed by atoms with Crippen LogP contribution in [0, 0.1) is 25.7 Å². The van der Waals surface area contributed by atoms with Crippen LogP contribution in [0.5, 0.6) is 0 Å². The summed E-state index contributed by atoms with van der Waals surface area (Å²) < 4.78 is 0. The summed E-state index contributed by atoms with van der Waals surface area (Å²) in [5.74, 6) is 2.69. The number of amides is 5. The fourth-order valence-electron chi connectivity index (χ4n) is 9.71. The molecule has 4 fully saturated rings. The van der Waals surface area contributed by atoms with Crippen LogP contribution >= 0.6 is 22.7 Å². The maximum absolute atomic E-state index is 13.6. The number of nitrogens with zero attached hydrogens (tertiary/aromatic N) is 9. The van der Waals surface area contributed by atoms with Gasteiger partial charge in [0.1, 0.15) is 11.6 Å². The van der Waals surface area contributed by atoms with Crippen molar-refractivity contribution in [3.63, 3.8) is 0 Å². The van der Waals surface area contributed by atoms with Gasteiger partial charge < -0.3 is 35.1 Å². The van der Waals surface area contributed by atoms with Gasteiger partial charge in [0.15, 0.2) is 10.3 Å². The number of rotatable bonds is 10. The van der Waals surface area contributed by atoms with E-state index in [1.807, 2.05) is 34.6 Å². The summed E-state index contributed by atoms with van der Waals surface area (Å²) in [6.07, 6.45) is 8.27. The molecule has 0 unspecified atom stereocenters. The number of carbonyl (C=O) groups excluding carboxylic acids is 5. The summed E-state index contributed by atoms with van der Waals surface area (Å²) in [5, 5.41) is 6.67. The Hall–Kier alpha value is -5.49. The van der Waals surface area contributed by atoms with E-state index in [2.05, 4.69) is 50.3 Å². The average Bonchev–Trinajstić information content (AvgIpc) is 4.19. The summed E-state index contributed by atoms with van der Waals surface area (Å²) in [6, 6.07) is 4.56. The summed E-state index contributed by atoms with van der Waals surface area (Å²) in [6.45, 7) is 18.3. The second-order valence-corrected chi connectivity index (χ2v) is 20.5. The zero-order chi connectivity index (χ0) is 45.8. The first-order valence-corrected chi connectivity index (χ1v) is 24.7. The van der Waals surface area contributed by atoms with E-state index in [4.69, 9.17) is 9.97 Å². The molecule has 0 radical (unpaired) electrons. The zero-order valence-electron chi connectivity index (χ0n) is 38.5. The maximum Gasteiger partial charge on any atom is 0.258 e. The lowest BCUT2D eigenvalue weighted by Crippen LogP contribution is -2.48. The van der Waals surface area contributed by atoms with Gasteiger partial charge in [0.25, 0.3) is 11.8 Å². The number of hydrogen-bond donors (Lipinski definition) is 2. The Morgan fingerprint density at radius 3 is 1.42 bits per heavy atom. The fourth-order valence-corrected chi connectivity index (χ4v) is 11.7. The number of aromatic nitrogens is 4. The van der Waals surface area contributed by atoms with Crippen LogP contribution in [-0.4, -0.2) is 116 Å². The number of piperidine rings is 1. The first-order chi connectivity index (χ1) is 31.1. The molecule has 344 valence electrons. The van der Waals surface area contributed by atoms with Gasteiger partial charge in [-0.3, -0.25) is 24.0 Å². The van der Waals surface area contributed by atoms with E-state index < -0.39 is 0 Å². The Kier molecular flexibility index (Phi) is 12.4. The molecular weight excluding hydrogens is 863 g/mol. The van der Waals surface area contributed by atoms with Gasteiger partial charge in [-0.2, -0.15) is 0 Å². The molecule has 10 rings (SSSR count). The number of nitrogens with one attached hydrogen (secondary N) is 2. The van der Waals surface area contributed by atoms with Crippen molar-refractivity contribution in [2.75, 3.05) is 59.7 Å². The first-order valence-electron chi connectivity index (χ1n) is 23.1. The topological polar surface area (TPSA) is 177 Å². The Bertz CT molecular complexity index is 2550. The molecule has 2 saturated heterocycles. The van der Waals surface area contributed by atoms with Gasteiger partial charge in [-0.05, 0) is 108 Å². The van der Waals surface area contributed by atoms with E-state index in [9.17, 15) is 24.0 Å². The molecule has 4 aliphatic heterocycles. The molecule has 65 heavy (non-hydrogen) atoms. The molecule has 18 heteroatoms. The van der Waals surface area contributed by atoms with Gasteiger partial charge in [-0.1, -0.05) is 22.7 Å². The lowest BCUT2D eigenvalue weighted by molar-refractivity contribution is -0.129. The summed E-state index contributed by atoms with van der Waals surface area (Å²) in [7, 11) is 0. The Morgan fingerprint density at radius 1 is 0.615 bits per heavy atom. The van der Waals surface area contributed by atoms with Crippen molar-refractivity contribution in [3.8, 4) is 21.1 Å². The number of pyridine rings is 2. The largest absolute Gasteiger partial charge is 0.356 e. The fraction of sp³-hybridized carbons (Fsp3) is 0.553. The molecule has 4 aromatic rings. The molecular formula is C47H59N11O5S2. The van der Waals surface area contributed by atoms with E-state index in [0.717, 1.165) is 81.0 Å². The molecule has 4 aromatic heterocycles. The third kappa shape index (κ3) is 9.20. The number of aryl methyl sites for hydroxylation is 2. The van der Waals surface area contributed by atoms with Crippen molar-refractivity contribution in [1.29, 1.82) is 0 Å². The SMILES string of the molecule is CC(=O)Nc1nc(C)c(-c2cc3c(c(N4CCCCC4)n2)C(=O)N([C@@H](C)C2CC2)C3)s1.CC(=O)Nc1nc(C)c(-c2cc3c(c(N4CCN(C(C)=O)CC4)n2)C(=O)N([C@@H](C)C2CC2)C3)s1. The second-order valence-electron chi connectivity index (χ2n) is 18.5. The highest BCUT2D eigenvalue weighted by Crippen LogP contribution is 2.44. The maximum atomic E-state index is 13.6. The highest BCUT2D eigenvalue weighted by molar-refractivity contribution is 7.19. The number of hydrogen-bond acceptors (Lipinski definition) is 13. The normalized spacial score (nSPS) is 19.2. The van der Waals surface area contributed by atoms with E-state index in [1.165, 1.54) is 68.6 Å². The summed E-state index contributed by atoms with van der Waals surface area (Å²) in [4.78, 5) is 93.0. The third-order valence-electron chi connectivity index (χ3n) is 13.7. The Balaban J connectivity index is 0.000000165. The van der Waals surface area contributed by atoms with Gasteiger partial charge in [-0.25, -0.2) is 19.9 Å². The predicted octanol–water partition coefficient (Wildman–Crippen LogP) is 7.11. The Labute approximate surface area is 388 Å². The van der Waals surface area contributed by atoms with Gasteiger partial charge in [-0.15, -0.1) is 0 Å². The Morgan fingerprint density at radius 2 is 1.03 bits per heavy atom. The minimum atomic E-state index is -0.165. The highest BCUT2D eigenvalue weighted by Gasteiger charge is 2.43. The molecule has 2 aliphatic carbocycles. The lowest BCUT2D eigenvalue weighted by atomic mass is 10.1. The molecule has 0 aromatic carbocycles. The quantitative estimate of drug-likeness (QED) is 0.166. The van der Waals surface area contributed by atoms with Crippen LogP contribution in [0.2, 0.25) is 0 Å². The smallest absolute Gasteiger partial charge is 0.258 e. The molecule has 0 spiro atoms. The number of fused-ring (bicyclic) bond motifs is 2. The van der Waals surface area contributed by atoms with Crippen molar-refractivity contribution in [2.24, 2.45) is 11.8 Å². The van der Waals surface area contributed by atoms with Crippen molar-refractivity contribution in [3.05, 3.63) is 45.8 Å². The van der Waals surface area contributed by atoms with Crippen molar-refractivity contribution < 1.29 is 24.0 Å². The van der Waals surface area contributed by atoms with Crippen LogP contribution < -0.4 is 20.4 Å². The van der Waals surface area contributed by atoms with E-state index in [1.54, 1.807) is 6.92 Å².